The zero-order valence-electron chi connectivity index (χ0n) is 9.67. The third-order valence-corrected chi connectivity index (χ3v) is 3.18. The van der Waals surface area contributed by atoms with E-state index in [9.17, 15) is 4.79 Å². The van der Waals surface area contributed by atoms with Crippen molar-refractivity contribution in [3.63, 3.8) is 0 Å². The van der Waals surface area contributed by atoms with Crippen LogP contribution in [0.3, 0.4) is 0 Å². The predicted octanol–water partition coefficient (Wildman–Crippen LogP) is 2.67. The van der Waals surface area contributed by atoms with Crippen LogP contribution in [0.1, 0.15) is 12.5 Å². The van der Waals surface area contributed by atoms with Crippen LogP contribution < -0.4 is 10.2 Å². The minimum atomic E-state index is -0.0335. The van der Waals surface area contributed by atoms with Crippen molar-refractivity contribution in [2.24, 2.45) is 5.92 Å². The van der Waals surface area contributed by atoms with Gasteiger partial charge in [0.05, 0.1) is 22.3 Å². The molecule has 1 amide bonds. The number of carbonyl (C=O) groups excluding carboxylic acids is 1. The summed E-state index contributed by atoms with van der Waals surface area (Å²) in [4.78, 5) is 13.6. The van der Waals surface area contributed by atoms with Gasteiger partial charge < -0.3 is 10.2 Å². The van der Waals surface area contributed by atoms with Gasteiger partial charge in [-0.05, 0) is 24.6 Å². The second kappa shape index (κ2) is 3.98. The minimum absolute atomic E-state index is 0.0335. The molecule has 0 aliphatic carbocycles. The van der Waals surface area contributed by atoms with Gasteiger partial charge in [-0.15, -0.1) is 0 Å². The van der Waals surface area contributed by atoms with Crippen molar-refractivity contribution in [3.8, 4) is 0 Å². The number of carbonyl (C=O) groups is 1. The van der Waals surface area contributed by atoms with Crippen LogP contribution in [-0.4, -0.2) is 19.5 Å². The lowest BCUT2D eigenvalue weighted by atomic mass is 10.1. The number of rotatable bonds is 0. The molecule has 2 rings (SSSR count). The summed E-state index contributed by atoms with van der Waals surface area (Å²) >= 11 is 6.19. The Kier molecular flexibility index (Phi) is 2.80. The van der Waals surface area contributed by atoms with Crippen LogP contribution in [0.25, 0.3) is 0 Å². The monoisotopic (exact) mass is 238 g/mol. The highest BCUT2D eigenvalue weighted by Crippen LogP contribution is 2.37. The molecule has 0 aromatic heterocycles. The smallest absolute Gasteiger partial charge is 0.231 e. The second-order valence-electron chi connectivity index (χ2n) is 4.32. The van der Waals surface area contributed by atoms with Crippen LogP contribution in [0, 0.1) is 12.8 Å². The normalized spacial score (nSPS) is 20.1. The summed E-state index contributed by atoms with van der Waals surface area (Å²) in [6.45, 7) is 4.55. The zero-order chi connectivity index (χ0) is 11.9. The van der Waals surface area contributed by atoms with E-state index in [0.29, 0.717) is 11.6 Å². The first kappa shape index (κ1) is 11.3. The molecule has 86 valence electrons. The number of benzene rings is 1. The van der Waals surface area contributed by atoms with Crippen LogP contribution in [-0.2, 0) is 4.79 Å². The molecule has 0 radical (unpaired) electrons. The summed E-state index contributed by atoms with van der Waals surface area (Å²) in [5, 5.41) is 3.89. The Morgan fingerprint density at radius 2 is 2.19 bits per heavy atom. The van der Waals surface area contributed by atoms with Gasteiger partial charge in [-0.1, -0.05) is 18.5 Å². The first-order valence-electron chi connectivity index (χ1n) is 5.32. The quantitative estimate of drug-likeness (QED) is 0.754. The van der Waals surface area contributed by atoms with E-state index in [1.165, 1.54) is 0 Å². The van der Waals surface area contributed by atoms with Crippen molar-refractivity contribution in [2.75, 3.05) is 23.8 Å². The topological polar surface area (TPSA) is 32.3 Å². The van der Waals surface area contributed by atoms with Gasteiger partial charge >= 0.3 is 0 Å². The van der Waals surface area contributed by atoms with E-state index in [0.717, 1.165) is 16.9 Å². The summed E-state index contributed by atoms with van der Waals surface area (Å²) in [7, 11) is 1.77. The van der Waals surface area contributed by atoms with Crippen molar-refractivity contribution >= 4 is 28.9 Å². The van der Waals surface area contributed by atoms with E-state index in [4.69, 9.17) is 11.6 Å². The molecule has 0 saturated heterocycles. The summed E-state index contributed by atoms with van der Waals surface area (Å²) in [5.74, 6) is 0.0609. The molecular formula is C12H15ClN2O. The molecule has 4 heteroatoms. The third kappa shape index (κ3) is 1.76. The fraction of sp³-hybridized carbons (Fsp3) is 0.417. The zero-order valence-corrected chi connectivity index (χ0v) is 10.4. The van der Waals surface area contributed by atoms with Gasteiger partial charge in [0.1, 0.15) is 0 Å². The summed E-state index contributed by atoms with van der Waals surface area (Å²) in [5.41, 5.74) is 2.80. The molecule has 1 heterocycles. The first-order valence-corrected chi connectivity index (χ1v) is 5.70. The fourth-order valence-corrected chi connectivity index (χ4v) is 2.40. The second-order valence-corrected chi connectivity index (χ2v) is 4.73. The highest BCUT2D eigenvalue weighted by Gasteiger charge is 2.26. The molecule has 0 fully saturated rings. The van der Waals surface area contributed by atoms with Crippen LogP contribution in [0.4, 0.5) is 11.4 Å². The Balaban J connectivity index is 2.57. The van der Waals surface area contributed by atoms with Crippen molar-refractivity contribution in [1.82, 2.24) is 0 Å². The highest BCUT2D eigenvalue weighted by atomic mass is 35.5. The number of aryl methyl sites for hydroxylation is 1. The lowest BCUT2D eigenvalue weighted by Gasteiger charge is -2.20. The average molecular weight is 239 g/mol. The third-order valence-electron chi connectivity index (χ3n) is 2.89. The van der Waals surface area contributed by atoms with Crippen LogP contribution in [0.2, 0.25) is 5.02 Å². The maximum Gasteiger partial charge on any atom is 0.231 e. The van der Waals surface area contributed by atoms with Crippen LogP contribution in [0.15, 0.2) is 12.1 Å². The Bertz CT molecular complexity index is 445. The minimum Gasteiger partial charge on any atom is -0.383 e. The standard InChI is InChI=1S/C12H15ClN2O/c1-7-4-9(13)11-10(5-7)14-6-8(2)12(16)15(11)3/h4-5,8,14H,6H2,1-3H3. The molecule has 1 aromatic rings. The SMILES string of the molecule is Cc1cc(Cl)c2c(c1)NCC(C)C(=O)N2C. The molecule has 1 aromatic carbocycles. The molecule has 1 aliphatic rings. The highest BCUT2D eigenvalue weighted by molar-refractivity contribution is 6.34. The van der Waals surface area contributed by atoms with Crippen molar-refractivity contribution in [3.05, 3.63) is 22.7 Å². The molecule has 0 saturated carbocycles. The van der Waals surface area contributed by atoms with Gasteiger partial charge in [0, 0.05) is 13.6 Å². The maximum atomic E-state index is 12.0. The van der Waals surface area contributed by atoms with E-state index in [-0.39, 0.29) is 11.8 Å². The molecule has 1 atom stereocenters. The number of fused-ring (bicyclic) bond motifs is 1. The van der Waals surface area contributed by atoms with E-state index < -0.39 is 0 Å². The Morgan fingerprint density at radius 3 is 2.88 bits per heavy atom. The van der Waals surface area contributed by atoms with Crippen molar-refractivity contribution in [1.29, 1.82) is 0 Å². The number of nitrogens with zero attached hydrogens (tertiary/aromatic N) is 1. The number of amides is 1. The molecule has 1 aliphatic heterocycles. The lowest BCUT2D eigenvalue weighted by molar-refractivity contribution is -0.121. The molecule has 3 nitrogen and oxygen atoms in total. The first-order chi connectivity index (χ1) is 7.50. The van der Waals surface area contributed by atoms with E-state index in [1.54, 1.807) is 11.9 Å². The van der Waals surface area contributed by atoms with Crippen LogP contribution in [0.5, 0.6) is 0 Å². The number of hydrogen-bond donors (Lipinski definition) is 1. The van der Waals surface area contributed by atoms with Gasteiger partial charge in [0.2, 0.25) is 5.91 Å². The molecule has 0 bridgehead atoms. The van der Waals surface area contributed by atoms with Gasteiger partial charge in [-0.2, -0.15) is 0 Å². The van der Waals surface area contributed by atoms with Gasteiger partial charge in [-0.25, -0.2) is 0 Å². The van der Waals surface area contributed by atoms with Gasteiger partial charge in [0.15, 0.2) is 0 Å². The molecule has 0 spiro atoms. The molecular weight excluding hydrogens is 224 g/mol. The van der Waals surface area contributed by atoms with Gasteiger partial charge in [-0.3, -0.25) is 4.79 Å². The van der Waals surface area contributed by atoms with Crippen LogP contribution >= 0.6 is 11.6 Å². The Labute approximate surface area is 100 Å². The lowest BCUT2D eigenvalue weighted by Crippen LogP contribution is -2.32. The Morgan fingerprint density at radius 1 is 1.50 bits per heavy atom. The van der Waals surface area contributed by atoms with E-state index in [1.807, 2.05) is 26.0 Å². The molecule has 16 heavy (non-hydrogen) atoms. The van der Waals surface area contributed by atoms with Crippen molar-refractivity contribution in [2.45, 2.75) is 13.8 Å². The predicted molar refractivity (Wildman–Crippen MR) is 67.3 cm³/mol. The number of nitrogens with one attached hydrogen (secondary N) is 1. The number of anilines is 2. The summed E-state index contributed by atoms with van der Waals surface area (Å²) in [6.07, 6.45) is 0. The van der Waals surface area contributed by atoms with Gasteiger partial charge in [0.25, 0.3) is 0 Å². The van der Waals surface area contributed by atoms with E-state index >= 15 is 0 Å². The number of halogens is 1. The molecule has 1 N–H and O–H groups in total. The van der Waals surface area contributed by atoms with Crippen molar-refractivity contribution < 1.29 is 4.79 Å². The molecule has 1 unspecified atom stereocenters. The van der Waals surface area contributed by atoms with E-state index in [2.05, 4.69) is 5.32 Å². The average Bonchev–Trinajstić information content (AvgIpc) is 2.31. The number of hydrogen-bond acceptors (Lipinski definition) is 2. The Hall–Kier alpha value is -1.22. The fourth-order valence-electron chi connectivity index (χ4n) is 2.00. The largest absolute Gasteiger partial charge is 0.383 e. The maximum absolute atomic E-state index is 12.0. The summed E-state index contributed by atoms with van der Waals surface area (Å²) in [6, 6.07) is 3.89. The summed E-state index contributed by atoms with van der Waals surface area (Å²) < 4.78 is 0.